The molecule has 0 atom stereocenters. The fourth-order valence-electron chi connectivity index (χ4n) is 1.15. The van der Waals surface area contributed by atoms with E-state index in [-0.39, 0.29) is 28.1 Å². The second kappa shape index (κ2) is 5.47. The Bertz CT molecular complexity index is 382. The van der Waals surface area contributed by atoms with E-state index in [4.69, 9.17) is 16.3 Å². The molecule has 0 heterocycles. The molecule has 82 valence electrons. The molecule has 0 aromatic heterocycles. The molecule has 0 aliphatic rings. The molecule has 0 unspecified atom stereocenters. The molecule has 5 heteroatoms. The fraction of sp³-hybridized carbons (Fsp3) is 0.300. The highest BCUT2D eigenvalue weighted by atomic mass is 79.9. The van der Waals surface area contributed by atoms with Crippen LogP contribution in [0.1, 0.15) is 22.8 Å². The number of benzene rings is 1. The predicted octanol–water partition coefficient (Wildman–Crippen LogP) is 3.55. The van der Waals surface area contributed by atoms with Crippen molar-refractivity contribution in [3.8, 4) is 0 Å². The van der Waals surface area contributed by atoms with Crippen molar-refractivity contribution in [3.63, 3.8) is 0 Å². The molecule has 1 rings (SSSR count). The van der Waals surface area contributed by atoms with Crippen LogP contribution in [-0.2, 0) is 10.1 Å². The van der Waals surface area contributed by atoms with Crippen LogP contribution < -0.4 is 0 Å². The number of hydrogen-bond acceptors (Lipinski definition) is 2. The SMILES string of the molecule is CCOC(=O)c1c(Cl)ccc(F)c1CBr. The number of carbonyl (C=O) groups is 1. The first-order valence-corrected chi connectivity index (χ1v) is 5.81. The topological polar surface area (TPSA) is 26.3 Å². The predicted molar refractivity (Wildman–Crippen MR) is 60.0 cm³/mol. The van der Waals surface area contributed by atoms with E-state index in [0.29, 0.717) is 0 Å². The summed E-state index contributed by atoms with van der Waals surface area (Å²) in [5.74, 6) is -1.07. The van der Waals surface area contributed by atoms with Crippen molar-refractivity contribution < 1.29 is 13.9 Å². The first kappa shape index (κ1) is 12.5. The van der Waals surface area contributed by atoms with E-state index in [1.165, 1.54) is 12.1 Å². The third kappa shape index (κ3) is 2.69. The summed E-state index contributed by atoms with van der Waals surface area (Å²) in [5.41, 5.74) is 0.316. The molecule has 0 radical (unpaired) electrons. The van der Waals surface area contributed by atoms with Crippen LogP contribution in [0, 0.1) is 5.82 Å². The van der Waals surface area contributed by atoms with Crippen LogP contribution in [-0.4, -0.2) is 12.6 Å². The van der Waals surface area contributed by atoms with Gasteiger partial charge in [-0.3, -0.25) is 0 Å². The molecule has 2 nitrogen and oxygen atoms in total. The average Bonchev–Trinajstić information content (AvgIpc) is 2.21. The van der Waals surface area contributed by atoms with E-state index in [9.17, 15) is 9.18 Å². The maximum absolute atomic E-state index is 13.3. The monoisotopic (exact) mass is 294 g/mol. The van der Waals surface area contributed by atoms with E-state index >= 15 is 0 Å². The average molecular weight is 296 g/mol. The fourth-order valence-corrected chi connectivity index (χ4v) is 1.95. The molecule has 0 aliphatic heterocycles. The number of hydrogen-bond donors (Lipinski definition) is 0. The molecular formula is C10H9BrClFO2. The van der Waals surface area contributed by atoms with Crippen LogP contribution in [0.5, 0.6) is 0 Å². The summed E-state index contributed by atoms with van der Waals surface area (Å²) in [6.45, 7) is 1.91. The molecule has 1 aromatic carbocycles. The maximum atomic E-state index is 13.3. The van der Waals surface area contributed by atoms with Crippen molar-refractivity contribution in [1.29, 1.82) is 0 Å². The smallest absolute Gasteiger partial charge is 0.340 e. The van der Waals surface area contributed by atoms with Crippen LogP contribution >= 0.6 is 27.5 Å². The van der Waals surface area contributed by atoms with Gasteiger partial charge < -0.3 is 4.74 Å². The summed E-state index contributed by atoms with van der Waals surface area (Å²) in [5, 5.41) is 0.414. The van der Waals surface area contributed by atoms with Crippen LogP contribution in [0.3, 0.4) is 0 Å². The van der Waals surface area contributed by atoms with Gasteiger partial charge >= 0.3 is 5.97 Å². The number of halogens is 3. The van der Waals surface area contributed by atoms with Crippen molar-refractivity contribution in [2.75, 3.05) is 6.61 Å². The molecule has 1 aromatic rings. The largest absolute Gasteiger partial charge is 0.462 e. The Kier molecular flexibility index (Phi) is 4.54. The van der Waals surface area contributed by atoms with Crippen LogP contribution in [0.2, 0.25) is 5.02 Å². The van der Waals surface area contributed by atoms with Gasteiger partial charge in [-0.2, -0.15) is 0 Å². The standard InChI is InChI=1S/C10H9BrClFO2/c1-2-15-10(14)9-6(5-11)8(13)4-3-7(9)12/h3-4H,2,5H2,1H3. The summed E-state index contributed by atoms with van der Waals surface area (Å²) >= 11 is 8.93. The van der Waals surface area contributed by atoms with Crippen LogP contribution in [0.25, 0.3) is 0 Å². The van der Waals surface area contributed by atoms with Gasteiger partial charge in [-0.25, -0.2) is 9.18 Å². The quantitative estimate of drug-likeness (QED) is 0.629. The molecule has 0 saturated heterocycles. The van der Waals surface area contributed by atoms with Gasteiger partial charge in [-0.05, 0) is 19.1 Å². The second-order valence-electron chi connectivity index (χ2n) is 2.74. The first-order chi connectivity index (χ1) is 7.11. The molecule has 0 fully saturated rings. The van der Waals surface area contributed by atoms with E-state index in [0.717, 1.165) is 0 Å². The van der Waals surface area contributed by atoms with Gasteiger partial charge in [0.15, 0.2) is 0 Å². The summed E-state index contributed by atoms with van der Waals surface area (Å²) < 4.78 is 18.1. The van der Waals surface area contributed by atoms with E-state index < -0.39 is 11.8 Å². The molecule has 15 heavy (non-hydrogen) atoms. The van der Waals surface area contributed by atoms with Crippen molar-refractivity contribution >= 4 is 33.5 Å². The molecule has 0 N–H and O–H groups in total. The zero-order chi connectivity index (χ0) is 11.4. The molecule has 0 amide bonds. The lowest BCUT2D eigenvalue weighted by Crippen LogP contribution is -2.09. The Balaban J connectivity index is 3.24. The Morgan fingerprint density at radius 1 is 1.60 bits per heavy atom. The summed E-state index contributed by atoms with van der Waals surface area (Å²) in [6, 6.07) is 2.57. The summed E-state index contributed by atoms with van der Waals surface area (Å²) in [6.07, 6.45) is 0. The zero-order valence-electron chi connectivity index (χ0n) is 8.02. The van der Waals surface area contributed by atoms with E-state index in [1.54, 1.807) is 6.92 Å². The highest BCUT2D eigenvalue weighted by Gasteiger charge is 2.19. The van der Waals surface area contributed by atoms with Crippen molar-refractivity contribution in [3.05, 3.63) is 34.1 Å². The van der Waals surface area contributed by atoms with Gasteiger partial charge in [0.05, 0.1) is 17.2 Å². The third-order valence-corrected chi connectivity index (χ3v) is 2.69. The second-order valence-corrected chi connectivity index (χ2v) is 3.70. The van der Waals surface area contributed by atoms with Gasteiger partial charge in [-0.1, -0.05) is 27.5 Å². The Morgan fingerprint density at radius 2 is 2.27 bits per heavy atom. The van der Waals surface area contributed by atoms with E-state index in [2.05, 4.69) is 15.9 Å². The normalized spacial score (nSPS) is 10.1. The number of alkyl halides is 1. The molecule has 0 spiro atoms. The zero-order valence-corrected chi connectivity index (χ0v) is 10.4. The Hall–Kier alpha value is -0.610. The van der Waals surface area contributed by atoms with Crippen molar-refractivity contribution in [1.82, 2.24) is 0 Å². The Morgan fingerprint density at radius 3 is 2.80 bits per heavy atom. The summed E-state index contributed by atoms with van der Waals surface area (Å²) in [7, 11) is 0. The van der Waals surface area contributed by atoms with Crippen molar-refractivity contribution in [2.24, 2.45) is 0 Å². The number of ether oxygens (including phenoxy) is 1. The lowest BCUT2D eigenvalue weighted by atomic mass is 10.1. The first-order valence-electron chi connectivity index (χ1n) is 4.31. The maximum Gasteiger partial charge on any atom is 0.340 e. The van der Waals surface area contributed by atoms with Gasteiger partial charge in [0.25, 0.3) is 0 Å². The van der Waals surface area contributed by atoms with Crippen LogP contribution in [0.15, 0.2) is 12.1 Å². The summed E-state index contributed by atoms with van der Waals surface area (Å²) in [4.78, 5) is 11.5. The van der Waals surface area contributed by atoms with Gasteiger partial charge in [0.1, 0.15) is 5.82 Å². The van der Waals surface area contributed by atoms with Gasteiger partial charge in [0.2, 0.25) is 0 Å². The minimum atomic E-state index is -0.601. The number of rotatable bonds is 3. The Labute approximate surface area is 101 Å². The van der Waals surface area contributed by atoms with Crippen molar-refractivity contribution in [2.45, 2.75) is 12.3 Å². The van der Waals surface area contributed by atoms with Crippen LogP contribution in [0.4, 0.5) is 4.39 Å². The lowest BCUT2D eigenvalue weighted by Gasteiger charge is -2.09. The highest BCUT2D eigenvalue weighted by molar-refractivity contribution is 9.08. The van der Waals surface area contributed by atoms with Gasteiger partial charge in [-0.15, -0.1) is 0 Å². The molecular weight excluding hydrogens is 286 g/mol. The molecule has 0 aliphatic carbocycles. The van der Waals surface area contributed by atoms with Gasteiger partial charge in [0, 0.05) is 10.9 Å². The van der Waals surface area contributed by atoms with E-state index in [1.807, 2.05) is 0 Å². The molecule has 0 bridgehead atoms. The minimum absolute atomic E-state index is 0.0930. The minimum Gasteiger partial charge on any atom is -0.462 e. The number of esters is 1. The molecule has 0 saturated carbocycles. The highest BCUT2D eigenvalue weighted by Crippen LogP contribution is 2.25. The third-order valence-electron chi connectivity index (χ3n) is 1.82. The number of carbonyl (C=O) groups excluding carboxylic acids is 1. The lowest BCUT2D eigenvalue weighted by molar-refractivity contribution is 0.0525.